The van der Waals surface area contributed by atoms with E-state index in [2.05, 4.69) is 10.1 Å². The van der Waals surface area contributed by atoms with Gasteiger partial charge >= 0.3 is 5.97 Å². The molecule has 0 saturated carbocycles. The number of carbonyl (C=O) groups excluding carboxylic acids is 2. The first kappa shape index (κ1) is 18.4. The van der Waals surface area contributed by atoms with Crippen LogP contribution in [0.2, 0.25) is 5.02 Å². The summed E-state index contributed by atoms with van der Waals surface area (Å²) >= 11 is 7.44. The fourth-order valence-electron chi connectivity index (χ4n) is 1.99. The number of halogens is 1. The number of thioether (sulfide) groups is 1. The maximum absolute atomic E-state index is 12.3. The molecular formula is C18H18ClNO3S. The van der Waals surface area contributed by atoms with Crippen LogP contribution in [0.1, 0.15) is 22.8 Å². The fourth-order valence-corrected chi connectivity index (χ4v) is 3.05. The van der Waals surface area contributed by atoms with E-state index < -0.39 is 5.97 Å². The first-order valence-corrected chi connectivity index (χ1v) is 8.58. The highest BCUT2D eigenvalue weighted by Crippen LogP contribution is 2.26. The molecule has 1 atom stereocenters. The highest BCUT2D eigenvalue weighted by Gasteiger charge is 2.17. The van der Waals surface area contributed by atoms with Crippen LogP contribution in [0.5, 0.6) is 0 Å². The topological polar surface area (TPSA) is 55.4 Å². The van der Waals surface area contributed by atoms with Gasteiger partial charge in [0.2, 0.25) is 5.91 Å². The molecule has 1 amide bonds. The lowest BCUT2D eigenvalue weighted by Crippen LogP contribution is -2.22. The van der Waals surface area contributed by atoms with Crippen molar-refractivity contribution in [2.45, 2.75) is 24.0 Å². The Kier molecular flexibility index (Phi) is 6.29. The lowest BCUT2D eigenvalue weighted by Gasteiger charge is -2.13. The number of carbonyl (C=O) groups is 2. The summed E-state index contributed by atoms with van der Waals surface area (Å²) in [5, 5.41) is 2.79. The Balaban J connectivity index is 2.05. The number of rotatable bonds is 5. The molecule has 2 aromatic rings. The van der Waals surface area contributed by atoms with Crippen molar-refractivity contribution >= 4 is 40.9 Å². The standard InChI is InChI=1S/C18H18ClNO3S/c1-11-4-7-14(8-5-11)24-12(2)17(21)20-13-6-9-16(19)15(10-13)18(22)23-3/h4-10,12H,1-3H3,(H,20,21)/t12-/m1/s1. The molecule has 0 radical (unpaired) electrons. The summed E-state index contributed by atoms with van der Waals surface area (Å²) in [6.45, 7) is 3.85. The molecule has 2 aromatic carbocycles. The van der Waals surface area contributed by atoms with Gasteiger partial charge in [-0.1, -0.05) is 29.3 Å². The minimum Gasteiger partial charge on any atom is -0.465 e. The lowest BCUT2D eigenvalue weighted by molar-refractivity contribution is -0.115. The van der Waals surface area contributed by atoms with Crippen molar-refractivity contribution < 1.29 is 14.3 Å². The van der Waals surface area contributed by atoms with E-state index in [1.165, 1.54) is 30.5 Å². The maximum atomic E-state index is 12.3. The van der Waals surface area contributed by atoms with E-state index in [0.29, 0.717) is 5.69 Å². The molecule has 0 heterocycles. The first-order valence-electron chi connectivity index (χ1n) is 7.32. The van der Waals surface area contributed by atoms with Crippen molar-refractivity contribution in [3.8, 4) is 0 Å². The SMILES string of the molecule is COC(=O)c1cc(NC(=O)[C@@H](C)Sc2ccc(C)cc2)ccc1Cl. The van der Waals surface area contributed by atoms with E-state index in [1.54, 1.807) is 12.1 Å². The van der Waals surface area contributed by atoms with Gasteiger partial charge in [-0.15, -0.1) is 11.8 Å². The summed E-state index contributed by atoms with van der Waals surface area (Å²) in [5.74, 6) is -0.697. The van der Waals surface area contributed by atoms with Gasteiger partial charge < -0.3 is 10.1 Å². The number of methoxy groups -OCH3 is 1. The van der Waals surface area contributed by atoms with Gasteiger partial charge in [-0.05, 0) is 44.2 Å². The fraction of sp³-hybridized carbons (Fsp3) is 0.222. The van der Waals surface area contributed by atoms with Crippen LogP contribution in [0.3, 0.4) is 0 Å². The summed E-state index contributed by atoms with van der Waals surface area (Å²) < 4.78 is 4.67. The predicted molar refractivity (Wildman–Crippen MR) is 97.9 cm³/mol. The molecule has 0 bridgehead atoms. The Morgan fingerprint density at radius 2 is 1.83 bits per heavy atom. The smallest absolute Gasteiger partial charge is 0.339 e. The van der Waals surface area contributed by atoms with Crippen molar-refractivity contribution in [1.29, 1.82) is 0 Å². The molecule has 2 rings (SSSR count). The number of nitrogens with one attached hydrogen (secondary N) is 1. The summed E-state index contributed by atoms with van der Waals surface area (Å²) in [6, 6.07) is 12.7. The van der Waals surface area contributed by atoms with Crippen molar-refractivity contribution in [3.05, 3.63) is 58.6 Å². The van der Waals surface area contributed by atoms with Crippen LogP contribution in [-0.4, -0.2) is 24.2 Å². The molecule has 0 aliphatic carbocycles. The zero-order valence-electron chi connectivity index (χ0n) is 13.6. The van der Waals surface area contributed by atoms with Gasteiger partial charge in [-0.2, -0.15) is 0 Å². The Morgan fingerprint density at radius 3 is 2.46 bits per heavy atom. The molecule has 0 aromatic heterocycles. The summed E-state index contributed by atoms with van der Waals surface area (Å²) in [6.07, 6.45) is 0. The first-order chi connectivity index (χ1) is 11.4. The molecule has 0 aliphatic heterocycles. The third kappa shape index (κ3) is 4.76. The molecule has 126 valence electrons. The van der Waals surface area contributed by atoms with E-state index in [0.717, 1.165) is 4.90 Å². The van der Waals surface area contributed by atoms with Crippen LogP contribution in [0.15, 0.2) is 47.4 Å². The summed E-state index contributed by atoms with van der Waals surface area (Å²) in [7, 11) is 1.28. The normalized spacial score (nSPS) is 11.7. The second-order valence-electron chi connectivity index (χ2n) is 5.25. The monoisotopic (exact) mass is 363 g/mol. The van der Waals surface area contributed by atoms with Crippen LogP contribution in [0.25, 0.3) is 0 Å². The Bertz CT molecular complexity index is 746. The van der Waals surface area contributed by atoms with Gasteiger partial charge in [0.05, 0.1) is 22.9 Å². The van der Waals surface area contributed by atoms with Crippen LogP contribution >= 0.6 is 23.4 Å². The Hall–Kier alpha value is -1.98. The Labute approximate surface area is 150 Å². The second-order valence-corrected chi connectivity index (χ2v) is 7.07. The van der Waals surface area contributed by atoms with Crippen molar-refractivity contribution in [2.24, 2.45) is 0 Å². The molecule has 1 N–H and O–H groups in total. The number of ether oxygens (including phenoxy) is 1. The number of hydrogen-bond acceptors (Lipinski definition) is 4. The van der Waals surface area contributed by atoms with Gasteiger partial charge in [0.25, 0.3) is 0 Å². The van der Waals surface area contributed by atoms with Crippen molar-refractivity contribution in [3.63, 3.8) is 0 Å². The predicted octanol–water partition coefficient (Wildman–Crippen LogP) is 4.55. The largest absolute Gasteiger partial charge is 0.465 e. The molecule has 0 saturated heterocycles. The molecule has 0 unspecified atom stereocenters. The highest BCUT2D eigenvalue weighted by molar-refractivity contribution is 8.00. The van der Waals surface area contributed by atoms with E-state index in [4.69, 9.17) is 11.6 Å². The molecule has 24 heavy (non-hydrogen) atoms. The zero-order valence-corrected chi connectivity index (χ0v) is 15.2. The zero-order chi connectivity index (χ0) is 17.7. The number of esters is 1. The third-order valence-corrected chi connectivity index (χ3v) is 4.78. The molecule has 4 nitrogen and oxygen atoms in total. The van der Waals surface area contributed by atoms with E-state index in [9.17, 15) is 9.59 Å². The van der Waals surface area contributed by atoms with E-state index >= 15 is 0 Å². The molecule has 6 heteroatoms. The van der Waals surface area contributed by atoms with Crippen LogP contribution in [-0.2, 0) is 9.53 Å². The summed E-state index contributed by atoms with van der Waals surface area (Å²) in [4.78, 5) is 25.0. The van der Waals surface area contributed by atoms with Gasteiger partial charge in [0.15, 0.2) is 0 Å². The lowest BCUT2D eigenvalue weighted by atomic mass is 10.2. The number of aryl methyl sites for hydroxylation is 1. The average molecular weight is 364 g/mol. The number of hydrogen-bond donors (Lipinski definition) is 1. The highest BCUT2D eigenvalue weighted by atomic mass is 35.5. The summed E-state index contributed by atoms with van der Waals surface area (Å²) in [5.41, 5.74) is 1.89. The maximum Gasteiger partial charge on any atom is 0.339 e. The van der Waals surface area contributed by atoms with E-state index in [-0.39, 0.29) is 21.7 Å². The quantitative estimate of drug-likeness (QED) is 0.625. The minimum atomic E-state index is -0.543. The Morgan fingerprint density at radius 1 is 1.17 bits per heavy atom. The van der Waals surface area contributed by atoms with E-state index in [1.807, 2.05) is 38.1 Å². The van der Waals surface area contributed by atoms with Gasteiger partial charge in [0, 0.05) is 10.6 Å². The van der Waals surface area contributed by atoms with Crippen molar-refractivity contribution in [2.75, 3.05) is 12.4 Å². The average Bonchev–Trinajstić information content (AvgIpc) is 2.57. The van der Waals surface area contributed by atoms with Gasteiger partial charge in [-0.3, -0.25) is 4.79 Å². The van der Waals surface area contributed by atoms with Crippen LogP contribution < -0.4 is 5.32 Å². The molecule has 0 aliphatic rings. The number of anilines is 1. The molecule has 0 spiro atoms. The number of amides is 1. The van der Waals surface area contributed by atoms with Gasteiger partial charge in [-0.25, -0.2) is 4.79 Å². The van der Waals surface area contributed by atoms with Crippen molar-refractivity contribution in [1.82, 2.24) is 0 Å². The van der Waals surface area contributed by atoms with Crippen LogP contribution in [0.4, 0.5) is 5.69 Å². The number of benzene rings is 2. The minimum absolute atomic E-state index is 0.154. The molecular weight excluding hydrogens is 346 g/mol. The third-order valence-electron chi connectivity index (χ3n) is 3.34. The molecule has 0 fully saturated rings. The van der Waals surface area contributed by atoms with Gasteiger partial charge in [0.1, 0.15) is 0 Å². The second kappa shape index (κ2) is 8.22. The van der Waals surface area contributed by atoms with Crippen LogP contribution in [0, 0.1) is 6.92 Å².